The number of ether oxygens (including phenoxy) is 1. The molecule has 1 aromatic heterocycles. The van der Waals surface area contributed by atoms with Gasteiger partial charge in [-0.1, -0.05) is 12.1 Å². The molecule has 7 nitrogen and oxygen atoms in total. The molecule has 1 aromatic carbocycles. The van der Waals surface area contributed by atoms with Crippen LogP contribution in [0.3, 0.4) is 0 Å². The van der Waals surface area contributed by atoms with Crippen molar-refractivity contribution in [3.05, 3.63) is 45.9 Å². The summed E-state index contributed by atoms with van der Waals surface area (Å²) in [5.41, 5.74) is 0.621. The lowest BCUT2D eigenvalue weighted by molar-refractivity contribution is -0.121. The molecule has 0 saturated carbocycles. The number of benzene rings is 1. The number of nitrogens with one attached hydrogen (secondary N) is 1. The van der Waals surface area contributed by atoms with Gasteiger partial charge in [0.1, 0.15) is 5.75 Å². The number of aromatic carboxylic acids is 1. The lowest BCUT2D eigenvalue weighted by Crippen LogP contribution is -2.25. The molecule has 0 saturated heterocycles. The SMILES string of the molecule is CC(=O)c1cccc(OCCCC(=O)NCCc2nc(C(=O)O)cs2)c1. The number of nitrogens with zero attached hydrogens (tertiary/aromatic N) is 1. The number of amides is 1. The number of hydrogen-bond donors (Lipinski definition) is 2. The molecule has 0 unspecified atom stereocenters. The molecule has 8 heteroatoms. The highest BCUT2D eigenvalue weighted by Crippen LogP contribution is 2.14. The molecule has 0 aliphatic rings. The average Bonchev–Trinajstić information content (AvgIpc) is 3.08. The van der Waals surface area contributed by atoms with Gasteiger partial charge >= 0.3 is 5.97 Å². The Morgan fingerprint density at radius 2 is 2.12 bits per heavy atom. The number of thiazole rings is 1. The van der Waals surface area contributed by atoms with Crippen LogP contribution in [0.5, 0.6) is 5.75 Å². The van der Waals surface area contributed by atoms with Crippen molar-refractivity contribution in [1.82, 2.24) is 10.3 Å². The number of aromatic nitrogens is 1. The Bertz CT molecular complexity index is 787. The zero-order valence-corrected chi connectivity index (χ0v) is 15.2. The molecular formula is C18H20N2O5S. The largest absolute Gasteiger partial charge is 0.494 e. The van der Waals surface area contributed by atoms with E-state index in [-0.39, 0.29) is 17.4 Å². The molecule has 138 valence electrons. The topological polar surface area (TPSA) is 106 Å². The Balaban J connectivity index is 1.62. The van der Waals surface area contributed by atoms with Gasteiger partial charge in [0.25, 0.3) is 0 Å². The van der Waals surface area contributed by atoms with Crippen molar-refractivity contribution in [3.8, 4) is 5.75 Å². The molecule has 0 bridgehead atoms. The summed E-state index contributed by atoms with van der Waals surface area (Å²) in [7, 11) is 0. The minimum Gasteiger partial charge on any atom is -0.494 e. The first kappa shape index (κ1) is 19.6. The van der Waals surface area contributed by atoms with E-state index in [9.17, 15) is 14.4 Å². The maximum absolute atomic E-state index is 11.8. The van der Waals surface area contributed by atoms with Crippen molar-refractivity contribution in [3.63, 3.8) is 0 Å². The third-order valence-corrected chi connectivity index (χ3v) is 4.40. The number of hydrogen-bond acceptors (Lipinski definition) is 6. The molecule has 26 heavy (non-hydrogen) atoms. The van der Waals surface area contributed by atoms with Crippen LogP contribution in [0.15, 0.2) is 29.6 Å². The molecule has 0 aliphatic carbocycles. The summed E-state index contributed by atoms with van der Waals surface area (Å²) in [6, 6.07) is 6.94. The van der Waals surface area contributed by atoms with E-state index in [2.05, 4.69) is 10.3 Å². The number of ketones is 1. The Labute approximate surface area is 155 Å². The van der Waals surface area contributed by atoms with Crippen molar-refractivity contribution >= 4 is 29.0 Å². The third kappa shape index (κ3) is 6.29. The van der Waals surface area contributed by atoms with Crippen LogP contribution in [0.4, 0.5) is 0 Å². The molecule has 1 heterocycles. The van der Waals surface area contributed by atoms with E-state index >= 15 is 0 Å². The van der Waals surface area contributed by atoms with Crippen LogP contribution in [-0.2, 0) is 11.2 Å². The smallest absolute Gasteiger partial charge is 0.355 e. The first-order valence-electron chi connectivity index (χ1n) is 8.14. The van der Waals surface area contributed by atoms with E-state index in [1.165, 1.54) is 23.6 Å². The van der Waals surface area contributed by atoms with Gasteiger partial charge in [-0.25, -0.2) is 9.78 Å². The highest BCUT2D eigenvalue weighted by atomic mass is 32.1. The summed E-state index contributed by atoms with van der Waals surface area (Å²) in [5, 5.41) is 13.7. The van der Waals surface area contributed by atoms with Crippen molar-refractivity contribution < 1.29 is 24.2 Å². The van der Waals surface area contributed by atoms with Crippen molar-refractivity contribution in [2.45, 2.75) is 26.2 Å². The highest BCUT2D eigenvalue weighted by molar-refractivity contribution is 7.09. The van der Waals surface area contributed by atoms with Gasteiger partial charge in [0.05, 0.1) is 11.6 Å². The van der Waals surface area contributed by atoms with E-state index in [4.69, 9.17) is 9.84 Å². The Kier molecular flexibility index (Phi) is 7.28. The lowest BCUT2D eigenvalue weighted by Gasteiger charge is -2.07. The second-order valence-electron chi connectivity index (χ2n) is 5.57. The van der Waals surface area contributed by atoms with Crippen LogP contribution >= 0.6 is 11.3 Å². The van der Waals surface area contributed by atoms with E-state index in [0.29, 0.717) is 48.7 Å². The quantitative estimate of drug-likeness (QED) is 0.488. The van der Waals surface area contributed by atoms with Crippen LogP contribution in [0.2, 0.25) is 0 Å². The predicted octanol–water partition coefficient (Wildman–Crippen LogP) is 2.56. The summed E-state index contributed by atoms with van der Waals surface area (Å²) in [6.07, 6.45) is 1.37. The van der Waals surface area contributed by atoms with Crippen LogP contribution in [0, 0.1) is 0 Å². The standard InChI is InChI=1S/C18H20N2O5S/c1-12(21)13-4-2-5-14(10-13)25-9-3-6-16(22)19-8-7-17-20-15(11-26-17)18(23)24/h2,4-5,10-11H,3,6-9H2,1H3,(H,19,22)(H,23,24). The van der Waals surface area contributed by atoms with E-state index in [1.807, 2.05) is 0 Å². The van der Waals surface area contributed by atoms with E-state index in [0.717, 1.165) is 0 Å². The number of rotatable bonds is 10. The molecule has 0 fully saturated rings. The first-order chi connectivity index (χ1) is 12.5. The van der Waals surface area contributed by atoms with Gasteiger partial charge in [0.15, 0.2) is 11.5 Å². The minimum absolute atomic E-state index is 0.0227. The van der Waals surface area contributed by atoms with Crippen LogP contribution in [0.25, 0.3) is 0 Å². The van der Waals surface area contributed by atoms with Crippen molar-refractivity contribution in [2.75, 3.05) is 13.2 Å². The number of Topliss-reactive ketones (excluding diaryl/α,β-unsaturated/α-hetero) is 1. The van der Waals surface area contributed by atoms with E-state index < -0.39 is 5.97 Å². The van der Waals surface area contributed by atoms with Gasteiger partial charge in [0.2, 0.25) is 5.91 Å². The van der Waals surface area contributed by atoms with Crippen molar-refractivity contribution in [2.24, 2.45) is 0 Å². The normalized spacial score (nSPS) is 10.3. The first-order valence-corrected chi connectivity index (χ1v) is 9.02. The average molecular weight is 376 g/mol. The fourth-order valence-electron chi connectivity index (χ4n) is 2.15. The zero-order chi connectivity index (χ0) is 18.9. The molecule has 2 aromatic rings. The van der Waals surface area contributed by atoms with Gasteiger partial charge in [-0.15, -0.1) is 11.3 Å². The molecule has 1 amide bonds. The van der Waals surface area contributed by atoms with E-state index in [1.54, 1.807) is 24.3 Å². The van der Waals surface area contributed by atoms with Gasteiger partial charge < -0.3 is 15.2 Å². The third-order valence-electron chi connectivity index (χ3n) is 3.49. The van der Waals surface area contributed by atoms with Crippen LogP contribution in [0.1, 0.15) is 45.6 Å². The number of carbonyl (C=O) groups excluding carboxylic acids is 2. The summed E-state index contributed by atoms with van der Waals surface area (Å²) in [5.74, 6) is -0.562. The van der Waals surface area contributed by atoms with Gasteiger partial charge in [-0.3, -0.25) is 9.59 Å². The zero-order valence-electron chi connectivity index (χ0n) is 14.4. The molecule has 0 atom stereocenters. The predicted molar refractivity (Wildman–Crippen MR) is 97.0 cm³/mol. The van der Waals surface area contributed by atoms with Gasteiger partial charge in [-0.2, -0.15) is 0 Å². The molecule has 0 radical (unpaired) electrons. The fourth-order valence-corrected chi connectivity index (χ4v) is 2.92. The highest BCUT2D eigenvalue weighted by Gasteiger charge is 2.09. The maximum atomic E-state index is 11.8. The summed E-state index contributed by atoms with van der Waals surface area (Å²) >= 11 is 1.26. The summed E-state index contributed by atoms with van der Waals surface area (Å²) in [4.78, 5) is 37.8. The molecule has 0 spiro atoms. The Hall–Kier alpha value is -2.74. The van der Waals surface area contributed by atoms with Gasteiger partial charge in [-0.05, 0) is 25.5 Å². The number of carboxylic acid groups (broad SMARTS) is 1. The molecule has 2 N–H and O–H groups in total. The molecule has 2 rings (SSSR count). The van der Waals surface area contributed by atoms with Crippen molar-refractivity contribution in [1.29, 1.82) is 0 Å². The Morgan fingerprint density at radius 3 is 2.81 bits per heavy atom. The second kappa shape index (κ2) is 9.67. The minimum atomic E-state index is -1.05. The molecule has 0 aliphatic heterocycles. The summed E-state index contributed by atoms with van der Waals surface area (Å²) < 4.78 is 5.55. The monoisotopic (exact) mass is 376 g/mol. The maximum Gasteiger partial charge on any atom is 0.355 e. The number of carbonyl (C=O) groups is 3. The fraction of sp³-hybridized carbons (Fsp3) is 0.333. The lowest BCUT2D eigenvalue weighted by atomic mass is 10.1. The second-order valence-corrected chi connectivity index (χ2v) is 6.51. The van der Waals surface area contributed by atoms with Crippen LogP contribution < -0.4 is 10.1 Å². The molecular weight excluding hydrogens is 356 g/mol. The van der Waals surface area contributed by atoms with Crippen LogP contribution in [-0.4, -0.2) is 40.9 Å². The Morgan fingerprint density at radius 1 is 1.31 bits per heavy atom. The number of carboxylic acids is 1. The summed E-state index contributed by atoms with van der Waals surface area (Å²) in [6.45, 7) is 2.29. The van der Waals surface area contributed by atoms with Gasteiger partial charge in [0, 0.05) is 30.3 Å².